The third-order valence-electron chi connectivity index (χ3n) is 21.9. The summed E-state index contributed by atoms with van der Waals surface area (Å²) in [5.41, 5.74) is 3.97. The summed E-state index contributed by atoms with van der Waals surface area (Å²) in [5.74, 6) is 1.89. The van der Waals surface area contributed by atoms with Crippen LogP contribution in [-0.4, -0.2) is 94.2 Å². The molecule has 9 nitrogen and oxygen atoms in total. The summed E-state index contributed by atoms with van der Waals surface area (Å²) in [4.78, 5) is 2.73. The van der Waals surface area contributed by atoms with E-state index in [0.29, 0.717) is 17.8 Å². The van der Waals surface area contributed by atoms with Gasteiger partial charge in [0.2, 0.25) is 0 Å². The highest BCUT2D eigenvalue weighted by molar-refractivity contribution is 5.65. The molecule has 8 bridgehead atoms. The highest BCUT2D eigenvalue weighted by Crippen LogP contribution is 2.78. The molecular weight excluding hydrogens is 837 g/mol. The van der Waals surface area contributed by atoms with E-state index in [-0.39, 0.29) is 62.3 Å². The first-order chi connectivity index (χ1) is 31.6. The number of aryl methyl sites for hydroxylation is 1. The molecule has 0 radical (unpaired) electrons. The van der Waals surface area contributed by atoms with Gasteiger partial charge in [-0.25, -0.2) is 0 Å². The SMILES string of the molecule is CO[C@]12C=C[C@@]3(C[C@@H]1[C@](C)(O)C(C)(C)C)[C@H]1Cc4ccc(C)c5c4[C@@]3(CCN1Cc1ccccc1)[C@H]2O5.CO[C@]12CC[C@@]3(C[C@@H]1[C@](C)(O)C(C)(C)C)[C@H]1Cc4ccc(O)c5c4[C@@]3(CCN1)[C@H]2O5. The molecule has 8 aliphatic carbocycles. The summed E-state index contributed by atoms with van der Waals surface area (Å²) in [6.07, 6.45) is 12.3. The van der Waals surface area contributed by atoms with Crippen molar-refractivity contribution in [2.24, 2.45) is 33.5 Å². The number of likely N-dealkylation sites (tertiary alicyclic amines) is 1. The highest BCUT2D eigenvalue weighted by Gasteiger charge is 2.83. The Morgan fingerprint density at radius 2 is 1.39 bits per heavy atom. The van der Waals surface area contributed by atoms with Gasteiger partial charge in [0, 0.05) is 72.1 Å². The molecule has 14 atom stereocenters. The minimum absolute atomic E-state index is 0.0160. The molecule has 0 amide bonds. The molecule has 4 spiro atoms. The fourth-order valence-electron chi connectivity index (χ4n) is 17.8. The fourth-order valence-corrected chi connectivity index (χ4v) is 17.8. The van der Waals surface area contributed by atoms with Crippen molar-refractivity contribution in [2.45, 2.75) is 178 Å². The van der Waals surface area contributed by atoms with E-state index >= 15 is 0 Å². The second kappa shape index (κ2) is 13.7. The lowest BCUT2D eigenvalue weighted by Crippen LogP contribution is -2.83. The van der Waals surface area contributed by atoms with E-state index in [2.05, 4.69) is 119 Å². The van der Waals surface area contributed by atoms with Crippen LogP contribution in [0.3, 0.4) is 0 Å². The van der Waals surface area contributed by atoms with E-state index in [1.54, 1.807) is 13.2 Å². The van der Waals surface area contributed by atoms with Crippen molar-refractivity contribution in [3.05, 3.63) is 100 Å². The number of methoxy groups -OCH3 is 2. The molecule has 360 valence electrons. The average molecular weight is 913 g/mol. The van der Waals surface area contributed by atoms with Crippen molar-refractivity contribution in [1.82, 2.24) is 10.2 Å². The third kappa shape index (κ3) is 5.03. The Labute approximate surface area is 399 Å². The predicted octanol–water partition coefficient (Wildman–Crippen LogP) is 8.87. The summed E-state index contributed by atoms with van der Waals surface area (Å²) >= 11 is 0. The van der Waals surface area contributed by atoms with Crippen LogP contribution >= 0.6 is 0 Å². The molecular formula is C58H76N2O7. The maximum absolute atomic E-state index is 12.3. The molecule has 15 rings (SSSR count). The van der Waals surface area contributed by atoms with Crippen molar-refractivity contribution in [2.75, 3.05) is 27.3 Å². The largest absolute Gasteiger partial charge is 0.504 e. The van der Waals surface area contributed by atoms with Crippen LogP contribution in [0.1, 0.15) is 127 Å². The van der Waals surface area contributed by atoms with Crippen molar-refractivity contribution in [3.63, 3.8) is 0 Å². The quantitative estimate of drug-likeness (QED) is 0.180. The van der Waals surface area contributed by atoms with Crippen LogP contribution < -0.4 is 14.8 Å². The van der Waals surface area contributed by atoms with E-state index < -0.39 is 22.4 Å². The zero-order chi connectivity index (χ0) is 47.3. The van der Waals surface area contributed by atoms with Gasteiger partial charge in [0.1, 0.15) is 29.2 Å². The molecule has 67 heavy (non-hydrogen) atoms. The van der Waals surface area contributed by atoms with Crippen LogP contribution in [0.15, 0.2) is 66.7 Å². The maximum Gasteiger partial charge on any atom is 0.165 e. The molecule has 3 aromatic rings. The topological polar surface area (TPSA) is 113 Å². The number of hydrogen-bond acceptors (Lipinski definition) is 9. The standard InChI is InChI=1S/C33H41NO3.C25H35NO4/c1-21-12-13-23-18-25-31-14-15-33(36-6,24(19-31)30(5,35)29(2,3)4)28-32(31,26(23)27(21)37-28)16-17-34(25)20-22-10-8-7-9-11-22;1-21(2,3)22(4,28)16-13-23-8-9-25(16,29-5)20-24(23)10-11-26-17(23)12-14-6-7-15(27)19(30-20)18(14)24/h7-15,24-25,28,35H,16-20H2,1-6H3;6-7,16-17,20,26-28H,8-13H2,1-5H3/t24-,25-,28-,30+,31-,32+,33-;16-,17-,20-,22+,23-,24+,25-/m11/s1. The van der Waals surface area contributed by atoms with Gasteiger partial charge in [-0.1, -0.05) is 102 Å². The third-order valence-corrected chi connectivity index (χ3v) is 21.9. The van der Waals surface area contributed by atoms with Gasteiger partial charge < -0.3 is 39.6 Å². The van der Waals surface area contributed by atoms with Crippen molar-refractivity contribution in [3.8, 4) is 17.2 Å². The molecule has 4 saturated carbocycles. The number of piperidine rings is 2. The van der Waals surface area contributed by atoms with Crippen LogP contribution in [0.25, 0.3) is 0 Å². The van der Waals surface area contributed by atoms with Gasteiger partial charge in [0.25, 0.3) is 0 Å². The molecule has 4 heterocycles. The first-order valence-corrected chi connectivity index (χ1v) is 25.7. The van der Waals surface area contributed by atoms with Gasteiger partial charge >= 0.3 is 0 Å². The summed E-state index contributed by atoms with van der Waals surface area (Å²) in [5, 5.41) is 38.9. The molecule has 4 N–H and O–H groups in total. The van der Waals surface area contributed by atoms with Gasteiger partial charge in [-0.2, -0.15) is 0 Å². The Kier molecular flexibility index (Phi) is 9.15. The van der Waals surface area contributed by atoms with E-state index in [1.807, 2.05) is 21.0 Å². The van der Waals surface area contributed by atoms with Gasteiger partial charge in [-0.15, -0.1) is 0 Å². The van der Waals surface area contributed by atoms with Gasteiger partial charge in [-0.3, -0.25) is 4.90 Å². The molecule has 9 heteroatoms. The summed E-state index contributed by atoms with van der Waals surface area (Å²) in [7, 11) is 3.63. The van der Waals surface area contributed by atoms with Crippen LogP contribution in [-0.2, 0) is 39.7 Å². The molecule has 6 fully saturated rings. The first kappa shape index (κ1) is 44.7. The zero-order valence-corrected chi connectivity index (χ0v) is 42.0. The smallest absolute Gasteiger partial charge is 0.165 e. The number of aliphatic hydroxyl groups is 2. The summed E-state index contributed by atoms with van der Waals surface area (Å²) in [6.45, 7) is 22.0. The number of rotatable bonds is 6. The van der Waals surface area contributed by atoms with E-state index in [4.69, 9.17) is 18.9 Å². The number of hydrogen-bond donors (Lipinski definition) is 4. The molecule has 0 unspecified atom stereocenters. The van der Waals surface area contributed by atoms with Crippen LogP contribution in [0, 0.1) is 40.4 Å². The second-order valence-electron chi connectivity index (χ2n) is 25.6. The van der Waals surface area contributed by atoms with Crippen LogP contribution in [0.4, 0.5) is 0 Å². The van der Waals surface area contributed by atoms with Crippen molar-refractivity contribution in [1.29, 1.82) is 0 Å². The number of nitrogens with one attached hydrogen (secondary N) is 1. The molecule has 3 aromatic carbocycles. The number of phenolic OH excluding ortho intramolecular Hbond substituents is 1. The molecule has 4 aliphatic heterocycles. The molecule has 2 saturated heterocycles. The molecule has 12 aliphatic rings. The number of phenols is 1. The van der Waals surface area contributed by atoms with E-state index in [9.17, 15) is 15.3 Å². The Balaban J connectivity index is 0.000000143. The van der Waals surface area contributed by atoms with Crippen molar-refractivity contribution >= 4 is 0 Å². The fraction of sp³-hybridized carbons (Fsp3) is 0.655. The number of ether oxygens (including phenoxy) is 4. The lowest BCUT2D eigenvalue weighted by Gasteiger charge is -2.74. The van der Waals surface area contributed by atoms with Gasteiger partial charge in [0.15, 0.2) is 11.5 Å². The highest BCUT2D eigenvalue weighted by atomic mass is 16.6. The number of aromatic hydroxyl groups is 1. The monoisotopic (exact) mass is 913 g/mol. The minimum atomic E-state index is -0.936. The maximum atomic E-state index is 12.3. The van der Waals surface area contributed by atoms with Gasteiger partial charge in [0.05, 0.1) is 16.6 Å². The van der Waals surface area contributed by atoms with Crippen LogP contribution in [0.5, 0.6) is 17.2 Å². The van der Waals surface area contributed by atoms with Gasteiger partial charge in [-0.05, 0) is 124 Å². The average Bonchev–Trinajstić information content (AvgIpc) is 3.85. The first-order valence-electron chi connectivity index (χ1n) is 25.7. The van der Waals surface area contributed by atoms with E-state index in [0.717, 1.165) is 76.8 Å². The Morgan fingerprint density at radius 3 is 2.09 bits per heavy atom. The second-order valence-corrected chi connectivity index (χ2v) is 25.6. The lowest BCUT2D eigenvalue weighted by molar-refractivity contribution is -0.303. The Hall–Kier alpha value is -3.44. The lowest BCUT2D eigenvalue weighted by atomic mass is 9.33. The van der Waals surface area contributed by atoms with Crippen LogP contribution in [0.2, 0.25) is 0 Å². The Bertz CT molecular complexity index is 2580. The predicted molar refractivity (Wildman–Crippen MR) is 260 cm³/mol. The summed E-state index contributed by atoms with van der Waals surface area (Å²) in [6, 6.07) is 20.1. The normalized spacial score (nSPS) is 41.5. The van der Waals surface area contributed by atoms with Crippen molar-refractivity contribution < 1.29 is 34.3 Å². The molecule has 0 aromatic heterocycles. The number of nitrogens with zero attached hydrogens (tertiary/aromatic N) is 1. The number of benzene rings is 3. The zero-order valence-electron chi connectivity index (χ0n) is 42.0. The Morgan fingerprint density at radius 1 is 0.716 bits per heavy atom. The minimum Gasteiger partial charge on any atom is -0.504 e. The van der Waals surface area contributed by atoms with E-state index in [1.165, 1.54) is 33.4 Å². The number of fused-ring (bicyclic) bond motifs is 3. The summed E-state index contributed by atoms with van der Waals surface area (Å²) < 4.78 is 26.9.